The predicted octanol–water partition coefficient (Wildman–Crippen LogP) is 2.62. The summed E-state index contributed by atoms with van der Waals surface area (Å²) >= 11 is 0. The van der Waals surface area contributed by atoms with E-state index in [1.54, 1.807) is 6.07 Å². The summed E-state index contributed by atoms with van der Waals surface area (Å²) in [6.07, 6.45) is 2.31. The predicted molar refractivity (Wildman–Crippen MR) is 92.0 cm³/mol. The van der Waals surface area contributed by atoms with Gasteiger partial charge in [-0.1, -0.05) is 6.42 Å². The molecule has 0 unspecified atom stereocenters. The van der Waals surface area contributed by atoms with E-state index in [-0.39, 0.29) is 29.8 Å². The molecule has 1 aliphatic carbocycles. The zero-order chi connectivity index (χ0) is 17.6. The van der Waals surface area contributed by atoms with E-state index >= 15 is 0 Å². The third-order valence-electron chi connectivity index (χ3n) is 5.59. The number of H-pyrrole nitrogens is 1. The summed E-state index contributed by atoms with van der Waals surface area (Å²) in [4.78, 5) is 18.0. The van der Waals surface area contributed by atoms with Crippen LogP contribution in [0.5, 0.6) is 0 Å². The number of morpholine rings is 1. The number of nitrogens with one attached hydrogen (secondary N) is 1. The van der Waals surface area contributed by atoms with Gasteiger partial charge in [0.25, 0.3) is 5.91 Å². The minimum Gasteiger partial charge on any atom is -0.393 e. The molecule has 1 aliphatic heterocycles. The van der Waals surface area contributed by atoms with Crippen LogP contribution < -0.4 is 0 Å². The Morgan fingerprint density at radius 3 is 2.96 bits per heavy atom. The first kappa shape index (κ1) is 16.5. The molecule has 1 amide bonds. The average Bonchev–Trinajstić information content (AvgIpc) is 3.20. The Hall–Kier alpha value is -1.92. The van der Waals surface area contributed by atoms with Crippen molar-refractivity contribution in [1.29, 1.82) is 0 Å². The van der Waals surface area contributed by atoms with Gasteiger partial charge in [0.15, 0.2) is 0 Å². The van der Waals surface area contributed by atoms with Gasteiger partial charge < -0.3 is 19.7 Å². The van der Waals surface area contributed by atoms with E-state index in [4.69, 9.17) is 4.74 Å². The van der Waals surface area contributed by atoms with Crippen LogP contribution in [0.15, 0.2) is 18.2 Å². The standard InChI is InChI=1S/C19H23FN2O3/c1-11-7-12(20)8-15-14(11)9-16(21-15)19(24)22-5-6-25-10-17(22)13-3-2-4-18(13)23/h7-9,13,17-18,21,23H,2-6,10H2,1H3/t13-,17-,18-/m1/s1. The summed E-state index contributed by atoms with van der Waals surface area (Å²) in [6.45, 7) is 3.30. The van der Waals surface area contributed by atoms with Crippen molar-refractivity contribution in [1.82, 2.24) is 9.88 Å². The monoisotopic (exact) mass is 346 g/mol. The number of hydrogen-bond donors (Lipinski definition) is 2. The molecule has 0 bridgehead atoms. The summed E-state index contributed by atoms with van der Waals surface area (Å²) in [5.41, 5.74) is 1.89. The minimum atomic E-state index is -0.374. The fraction of sp³-hybridized carbons (Fsp3) is 0.526. The van der Waals surface area contributed by atoms with Crippen molar-refractivity contribution in [3.8, 4) is 0 Å². The van der Waals surface area contributed by atoms with E-state index < -0.39 is 0 Å². The topological polar surface area (TPSA) is 65.6 Å². The van der Waals surface area contributed by atoms with Crippen LogP contribution in [-0.4, -0.2) is 52.8 Å². The lowest BCUT2D eigenvalue weighted by Crippen LogP contribution is -2.53. The molecule has 0 spiro atoms. The number of rotatable bonds is 2. The third kappa shape index (κ3) is 2.93. The van der Waals surface area contributed by atoms with Gasteiger partial charge in [0.1, 0.15) is 11.5 Å². The van der Waals surface area contributed by atoms with Gasteiger partial charge in [-0.2, -0.15) is 0 Å². The Kier molecular flexibility index (Phi) is 4.25. The summed E-state index contributed by atoms with van der Waals surface area (Å²) in [5.74, 6) is -0.361. The number of aliphatic hydroxyl groups is 1. The number of carbonyl (C=O) groups is 1. The molecule has 25 heavy (non-hydrogen) atoms. The van der Waals surface area contributed by atoms with Crippen LogP contribution >= 0.6 is 0 Å². The van der Waals surface area contributed by atoms with Gasteiger partial charge in [-0.05, 0) is 43.5 Å². The molecule has 2 aliphatic rings. The zero-order valence-electron chi connectivity index (χ0n) is 14.3. The van der Waals surface area contributed by atoms with E-state index in [0.717, 1.165) is 30.2 Å². The number of aromatic nitrogens is 1. The summed E-state index contributed by atoms with van der Waals surface area (Å²) in [6, 6.07) is 4.57. The second-order valence-corrected chi connectivity index (χ2v) is 7.17. The van der Waals surface area contributed by atoms with Gasteiger partial charge in [-0.3, -0.25) is 4.79 Å². The molecule has 4 rings (SSSR count). The fourth-order valence-corrected chi connectivity index (χ4v) is 4.29. The quantitative estimate of drug-likeness (QED) is 0.878. The lowest BCUT2D eigenvalue weighted by atomic mass is 9.94. The molecule has 1 aromatic carbocycles. The van der Waals surface area contributed by atoms with Crippen molar-refractivity contribution in [2.24, 2.45) is 5.92 Å². The number of halogens is 1. The van der Waals surface area contributed by atoms with Crippen LogP contribution in [0.3, 0.4) is 0 Å². The lowest BCUT2D eigenvalue weighted by molar-refractivity contribution is -0.0385. The molecular formula is C19H23FN2O3. The third-order valence-corrected chi connectivity index (χ3v) is 5.59. The average molecular weight is 346 g/mol. The van der Waals surface area contributed by atoms with Crippen molar-refractivity contribution in [3.05, 3.63) is 35.3 Å². The molecular weight excluding hydrogens is 323 g/mol. The van der Waals surface area contributed by atoms with Gasteiger partial charge in [-0.25, -0.2) is 4.39 Å². The van der Waals surface area contributed by atoms with Crippen molar-refractivity contribution in [2.45, 2.75) is 38.3 Å². The normalized spacial score (nSPS) is 27.2. The molecule has 3 atom stereocenters. The number of ether oxygens (including phenoxy) is 1. The van der Waals surface area contributed by atoms with Crippen LogP contribution in [-0.2, 0) is 4.74 Å². The fourth-order valence-electron chi connectivity index (χ4n) is 4.29. The van der Waals surface area contributed by atoms with E-state index in [0.29, 0.717) is 31.0 Å². The molecule has 2 N–H and O–H groups in total. The highest BCUT2D eigenvalue weighted by molar-refractivity contribution is 5.99. The number of nitrogens with zero attached hydrogens (tertiary/aromatic N) is 1. The number of hydrogen-bond acceptors (Lipinski definition) is 3. The zero-order valence-corrected chi connectivity index (χ0v) is 14.3. The Balaban J connectivity index is 1.65. The summed E-state index contributed by atoms with van der Waals surface area (Å²) in [5, 5.41) is 11.1. The first-order chi connectivity index (χ1) is 12.0. The summed E-state index contributed by atoms with van der Waals surface area (Å²) in [7, 11) is 0. The molecule has 6 heteroatoms. The lowest BCUT2D eigenvalue weighted by Gasteiger charge is -2.39. The number of aromatic amines is 1. The number of aliphatic hydroxyl groups excluding tert-OH is 1. The smallest absolute Gasteiger partial charge is 0.270 e. The van der Waals surface area contributed by atoms with Gasteiger partial charge in [0, 0.05) is 23.4 Å². The number of fused-ring (bicyclic) bond motifs is 1. The Labute approximate surface area is 145 Å². The van der Waals surface area contributed by atoms with Crippen LogP contribution in [0.25, 0.3) is 10.9 Å². The number of aryl methyl sites for hydroxylation is 1. The van der Waals surface area contributed by atoms with E-state index in [1.807, 2.05) is 11.8 Å². The molecule has 1 aromatic heterocycles. The van der Waals surface area contributed by atoms with Crippen molar-refractivity contribution >= 4 is 16.8 Å². The highest BCUT2D eigenvalue weighted by Crippen LogP contribution is 2.33. The molecule has 2 fully saturated rings. The molecule has 134 valence electrons. The van der Waals surface area contributed by atoms with Crippen LogP contribution in [0.2, 0.25) is 0 Å². The number of carbonyl (C=O) groups excluding carboxylic acids is 1. The minimum absolute atomic E-state index is 0.0628. The molecule has 0 radical (unpaired) electrons. The Morgan fingerprint density at radius 1 is 1.36 bits per heavy atom. The van der Waals surface area contributed by atoms with Crippen molar-refractivity contribution in [3.63, 3.8) is 0 Å². The Bertz CT molecular complexity index is 803. The highest BCUT2D eigenvalue weighted by atomic mass is 19.1. The molecule has 1 saturated carbocycles. The Morgan fingerprint density at radius 2 is 2.20 bits per heavy atom. The van der Waals surface area contributed by atoms with Gasteiger partial charge >= 0.3 is 0 Å². The number of benzene rings is 1. The first-order valence-corrected chi connectivity index (χ1v) is 8.90. The van der Waals surface area contributed by atoms with E-state index in [1.165, 1.54) is 12.1 Å². The first-order valence-electron chi connectivity index (χ1n) is 8.90. The maximum Gasteiger partial charge on any atom is 0.270 e. The molecule has 5 nitrogen and oxygen atoms in total. The largest absolute Gasteiger partial charge is 0.393 e. The van der Waals surface area contributed by atoms with Gasteiger partial charge in [-0.15, -0.1) is 0 Å². The van der Waals surface area contributed by atoms with Crippen LogP contribution in [0.1, 0.15) is 35.3 Å². The molecule has 2 aromatic rings. The second kappa shape index (κ2) is 6.42. The SMILES string of the molecule is Cc1cc(F)cc2[nH]c(C(=O)N3CCOC[C@@H]3[C@H]3CCC[C@H]3O)cc12. The second-order valence-electron chi connectivity index (χ2n) is 7.17. The van der Waals surface area contributed by atoms with Gasteiger partial charge in [0.2, 0.25) is 0 Å². The summed E-state index contributed by atoms with van der Waals surface area (Å²) < 4.78 is 19.2. The van der Waals surface area contributed by atoms with Crippen LogP contribution in [0.4, 0.5) is 4.39 Å². The maximum atomic E-state index is 13.6. The van der Waals surface area contributed by atoms with E-state index in [9.17, 15) is 14.3 Å². The number of amides is 1. The highest BCUT2D eigenvalue weighted by Gasteiger charge is 2.40. The molecule has 1 saturated heterocycles. The van der Waals surface area contributed by atoms with Crippen molar-refractivity contribution in [2.75, 3.05) is 19.8 Å². The van der Waals surface area contributed by atoms with E-state index in [2.05, 4.69) is 4.98 Å². The maximum absolute atomic E-state index is 13.6. The van der Waals surface area contributed by atoms with Gasteiger partial charge in [0.05, 0.1) is 25.4 Å². The van der Waals surface area contributed by atoms with Crippen LogP contribution in [0, 0.1) is 18.7 Å². The van der Waals surface area contributed by atoms with Crippen molar-refractivity contribution < 1.29 is 19.0 Å². The molecule has 2 heterocycles.